The van der Waals surface area contributed by atoms with E-state index in [9.17, 15) is 13.2 Å². The van der Waals surface area contributed by atoms with Crippen LogP contribution in [0.25, 0.3) is 0 Å². The lowest BCUT2D eigenvalue weighted by molar-refractivity contribution is -0.122. The van der Waals surface area contributed by atoms with Gasteiger partial charge in [-0.05, 0) is 30.5 Å². The lowest BCUT2D eigenvalue weighted by Gasteiger charge is -2.29. The molecular formula is C13H17ClN2O3S. The first kappa shape index (κ1) is 15.3. The molecule has 1 aliphatic rings. The maximum Gasteiger partial charge on any atom is 0.220 e. The third kappa shape index (κ3) is 3.71. The molecule has 0 aromatic heterocycles. The van der Waals surface area contributed by atoms with Gasteiger partial charge in [0.1, 0.15) is 0 Å². The Balaban J connectivity index is 2.01. The zero-order valence-corrected chi connectivity index (χ0v) is 12.5. The van der Waals surface area contributed by atoms with Crippen molar-refractivity contribution in [3.8, 4) is 0 Å². The fourth-order valence-electron chi connectivity index (χ4n) is 2.30. The van der Waals surface area contributed by atoms with E-state index in [1.165, 1.54) is 4.31 Å². The summed E-state index contributed by atoms with van der Waals surface area (Å²) < 4.78 is 26.0. The topological polar surface area (TPSA) is 80.5 Å². The number of benzene rings is 1. The second kappa shape index (κ2) is 6.11. The van der Waals surface area contributed by atoms with Crippen molar-refractivity contribution in [3.63, 3.8) is 0 Å². The van der Waals surface area contributed by atoms with Gasteiger partial charge in [-0.3, -0.25) is 4.79 Å². The van der Waals surface area contributed by atoms with Crippen LogP contribution in [0.4, 0.5) is 0 Å². The largest absolute Gasteiger partial charge is 0.369 e. The van der Waals surface area contributed by atoms with Gasteiger partial charge < -0.3 is 5.73 Å². The number of carbonyl (C=O) groups excluding carboxylic acids is 1. The number of hydrogen-bond acceptors (Lipinski definition) is 3. The van der Waals surface area contributed by atoms with Crippen LogP contribution in [0.15, 0.2) is 24.3 Å². The number of sulfonamides is 1. The van der Waals surface area contributed by atoms with Gasteiger partial charge in [-0.15, -0.1) is 0 Å². The molecule has 1 aromatic rings. The maximum atomic E-state index is 12.3. The van der Waals surface area contributed by atoms with E-state index in [2.05, 4.69) is 0 Å². The molecule has 0 aliphatic carbocycles. The number of nitrogens with zero attached hydrogens (tertiary/aromatic N) is 1. The first-order valence-electron chi connectivity index (χ1n) is 6.40. The Bertz CT molecular complexity index is 578. The molecule has 1 saturated heterocycles. The van der Waals surface area contributed by atoms with Gasteiger partial charge in [0.05, 0.1) is 5.75 Å². The normalized spacial score (nSPS) is 18.1. The van der Waals surface area contributed by atoms with Gasteiger partial charge in [-0.2, -0.15) is 0 Å². The Kier molecular flexibility index (Phi) is 4.67. The molecule has 0 unspecified atom stereocenters. The minimum absolute atomic E-state index is 0.0502. The van der Waals surface area contributed by atoms with Crippen LogP contribution in [0, 0.1) is 5.92 Å². The predicted molar refractivity (Wildman–Crippen MR) is 77.6 cm³/mol. The lowest BCUT2D eigenvalue weighted by atomic mass is 9.98. The molecule has 1 amide bonds. The average Bonchev–Trinajstić information content (AvgIpc) is 2.41. The molecule has 1 aliphatic heterocycles. The van der Waals surface area contributed by atoms with Gasteiger partial charge >= 0.3 is 0 Å². The van der Waals surface area contributed by atoms with Gasteiger partial charge in [0.25, 0.3) is 0 Å². The van der Waals surface area contributed by atoms with E-state index in [-0.39, 0.29) is 17.6 Å². The third-order valence-electron chi connectivity index (χ3n) is 3.51. The molecule has 1 heterocycles. The van der Waals surface area contributed by atoms with Crippen molar-refractivity contribution in [2.24, 2.45) is 11.7 Å². The quantitative estimate of drug-likeness (QED) is 0.911. The summed E-state index contributed by atoms with van der Waals surface area (Å²) in [4.78, 5) is 11.1. The Morgan fingerprint density at radius 3 is 2.30 bits per heavy atom. The summed E-state index contributed by atoms with van der Waals surface area (Å²) >= 11 is 5.77. The highest BCUT2D eigenvalue weighted by Gasteiger charge is 2.30. The summed E-state index contributed by atoms with van der Waals surface area (Å²) in [6, 6.07) is 6.75. The summed E-state index contributed by atoms with van der Waals surface area (Å²) in [6.45, 7) is 0.701. The van der Waals surface area contributed by atoms with Crippen LogP contribution in [0.3, 0.4) is 0 Å². The predicted octanol–water partition coefficient (Wildman–Crippen LogP) is 1.37. The van der Waals surface area contributed by atoms with Crippen LogP contribution in [0.2, 0.25) is 5.02 Å². The van der Waals surface area contributed by atoms with Gasteiger partial charge in [0.2, 0.25) is 15.9 Å². The molecule has 110 valence electrons. The lowest BCUT2D eigenvalue weighted by Crippen LogP contribution is -2.42. The second-order valence-corrected chi connectivity index (χ2v) is 7.36. The molecule has 1 aromatic carbocycles. The molecule has 0 bridgehead atoms. The molecular weight excluding hydrogens is 300 g/mol. The molecule has 5 nitrogen and oxygen atoms in total. The summed E-state index contributed by atoms with van der Waals surface area (Å²) in [7, 11) is -3.36. The summed E-state index contributed by atoms with van der Waals surface area (Å²) in [6.07, 6.45) is 0.990. The fraction of sp³-hybridized carbons (Fsp3) is 0.462. The molecule has 0 radical (unpaired) electrons. The Labute approximate surface area is 123 Å². The number of amides is 1. The summed E-state index contributed by atoms with van der Waals surface area (Å²) in [5.41, 5.74) is 5.94. The van der Waals surface area contributed by atoms with Crippen molar-refractivity contribution >= 4 is 27.5 Å². The zero-order chi connectivity index (χ0) is 14.8. The van der Waals surface area contributed by atoms with E-state index in [0.717, 1.165) is 0 Å². The average molecular weight is 317 g/mol. The van der Waals surface area contributed by atoms with E-state index in [1.807, 2.05) is 0 Å². The fourth-order valence-corrected chi connectivity index (χ4v) is 3.99. The highest BCUT2D eigenvalue weighted by molar-refractivity contribution is 7.88. The summed E-state index contributed by atoms with van der Waals surface area (Å²) in [5, 5.41) is 0.577. The molecule has 0 spiro atoms. The van der Waals surface area contributed by atoms with E-state index in [4.69, 9.17) is 17.3 Å². The van der Waals surface area contributed by atoms with E-state index >= 15 is 0 Å². The number of piperidine rings is 1. The highest BCUT2D eigenvalue weighted by Crippen LogP contribution is 2.21. The van der Waals surface area contributed by atoms with Crippen LogP contribution in [-0.4, -0.2) is 31.7 Å². The van der Waals surface area contributed by atoms with Crippen molar-refractivity contribution in [3.05, 3.63) is 34.9 Å². The molecule has 20 heavy (non-hydrogen) atoms. The minimum atomic E-state index is -3.36. The first-order valence-corrected chi connectivity index (χ1v) is 8.39. The van der Waals surface area contributed by atoms with Crippen LogP contribution in [0.1, 0.15) is 18.4 Å². The minimum Gasteiger partial charge on any atom is -0.369 e. The van der Waals surface area contributed by atoms with Crippen LogP contribution in [-0.2, 0) is 20.6 Å². The Hall–Kier alpha value is -1.11. The third-order valence-corrected chi connectivity index (χ3v) is 5.61. The molecule has 2 rings (SSSR count). The Morgan fingerprint density at radius 1 is 1.25 bits per heavy atom. The SMILES string of the molecule is NC(=O)C1CCN(S(=O)(=O)Cc2ccc(Cl)cc2)CC1. The van der Waals surface area contributed by atoms with Crippen molar-refractivity contribution in [1.29, 1.82) is 0 Å². The molecule has 2 N–H and O–H groups in total. The number of carbonyl (C=O) groups is 1. The number of primary amides is 1. The molecule has 0 saturated carbocycles. The monoisotopic (exact) mass is 316 g/mol. The van der Waals surface area contributed by atoms with Gasteiger partial charge in [0.15, 0.2) is 0 Å². The van der Waals surface area contributed by atoms with Crippen molar-refractivity contribution < 1.29 is 13.2 Å². The first-order chi connectivity index (χ1) is 9.38. The number of hydrogen-bond donors (Lipinski definition) is 1. The number of halogens is 1. The number of rotatable bonds is 4. The number of nitrogens with two attached hydrogens (primary N) is 1. The zero-order valence-electron chi connectivity index (χ0n) is 11.0. The van der Waals surface area contributed by atoms with E-state index < -0.39 is 10.0 Å². The van der Waals surface area contributed by atoms with Gasteiger partial charge in [-0.1, -0.05) is 23.7 Å². The van der Waals surface area contributed by atoms with E-state index in [1.54, 1.807) is 24.3 Å². The van der Waals surface area contributed by atoms with Crippen molar-refractivity contribution in [2.45, 2.75) is 18.6 Å². The molecule has 0 atom stereocenters. The standard InChI is InChI=1S/C13H17ClN2O3S/c14-12-3-1-10(2-4-12)9-20(18,19)16-7-5-11(6-8-16)13(15)17/h1-4,11H,5-9H2,(H2,15,17). The maximum absolute atomic E-state index is 12.3. The van der Waals surface area contributed by atoms with E-state index in [0.29, 0.717) is 36.5 Å². The van der Waals surface area contributed by atoms with Crippen LogP contribution < -0.4 is 5.73 Å². The van der Waals surface area contributed by atoms with Gasteiger partial charge in [0, 0.05) is 24.0 Å². The smallest absolute Gasteiger partial charge is 0.220 e. The second-order valence-electron chi connectivity index (χ2n) is 4.96. The molecule has 7 heteroatoms. The molecule has 1 fully saturated rings. The highest BCUT2D eigenvalue weighted by atomic mass is 35.5. The van der Waals surface area contributed by atoms with Crippen molar-refractivity contribution in [2.75, 3.05) is 13.1 Å². The Morgan fingerprint density at radius 2 is 1.80 bits per heavy atom. The van der Waals surface area contributed by atoms with Crippen molar-refractivity contribution in [1.82, 2.24) is 4.31 Å². The van der Waals surface area contributed by atoms with Crippen LogP contribution >= 0.6 is 11.6 Å². The summed E-state index contributed by atoms with van der Waals surface area (Å²) in [5.74, 6) is -0.609. The van der Waals surface area contributed by atoms with Gasteiger partial charge in [-0.25, -0.2) is 12.7 Å². The van der Waals surface area contributed by atoms with Crippen LogP contribution in [0.5, 0.6) is 0 Å².